The van der Waals surface area contributed by atoms with E-state index in [0.717, 1.165) is 0 Å². The van der Waals surface area contributed by atoms with Crippen molar-refractivity contribution in [2.75, 3.05) is 0 Å². The van der Waals surface area contributed by atoms with Crippen LogP contribution in [-0.2, 0) is 14.3 Å². The van der Waals surface area contributed by atoms with Crippen molar-refractivity contribution in [2.45, 2.75) is 38.0 Å². The molecule has 3 rings (SSSR count). The summed E-state index contributed by atoms with van der Waals surface area (Å²) in [5.41, 5.74) is -1.19. The van der Waals surface area contributed by atoms with Gasteiger partial charge in [-0.15, -0.1) is 0 Å². The smallest absolute Gasteiger partial charge is 0.227 e. The Labute approximate surface area is 94.0 Å². The van der Waals surface area contributed by atoms with Gasteiger partial charge in [-0.25, -0.2) is 0 Å². The Morgan fingerprint density at radius 1 is 1.50 bits per heavy atom. The van der Waals surface area contributed by atoms with Gasteiger partial charge in [0.1, 0.15) is 11.4 Å². The van der Waals surface area contributed by atoms with Gasteiger partial charge in [0, 0.05) is 0 Å². The van der Waals surface area contributed by atoms with Gasteiger partial charge in [-0.05, 0) is 20.8 Å². The van der Waals surface area contributed by atoms with E-state index in [1.54, 1.807) is 0 Å². The molecule has 1 amide bonds. The van der Waals surface area contributed by atoms with Crippen LogP contribution in [0.1, 0.15) is 20.8 Å². The topological polar surface area (TPSA) is 55.4 Å². The molecule has 86 valence electrons. The van der Waals surface area contributed by atoms with Gasteiger partial charge in [0.25, 0.3) is 0 Å². The Bertz CT molecular complexity index is 430. The number of fused-ring (bicyclic) bond motifs is 1. The number of ketones is 1. The molecule has 1 spiro atoms. The lowest BCUT2D eigenvalue weighted by molar-refractivity contribution is -0.131. The van der Waals surface area contributed by atoms with Gasteiger partial charge in [-0.3, -0.25) is 9.59 Å². The molecule has 16 heavy (non-hydrogen) atoms. The summed E-state index contributed by atoms with van der Waals surface area (Å²) < 4.78 is 6.01. The van der Waals surface area contributed by atoms with Crippen LogP contribution < -0.4 is 5.32 Å². The first-order valence-corrected chi connectivity index (χ1v) is 5.62. The fraction of sp³-hybridized carbons (Fsp3) is 0.667. The number of Topliss-reactive ketones (excluding diaryl/α,β-unsaturated/α-hetero) is 1. The molecule has 3 heterocycles. The van der Waals surface area contributed by atoms with E-state index in [4.69, 9.17) is 4.74 Å². The second-order valence-corrected chi connectivity index (χ2v) is 5.27. The Balaban J connectivity index is 2.16. The summed E-state index contributed by atoms with van der Waals surface area (Å²) in [6.07, 6.45) is 3.89. The Kier molecular flexibility index (Phi) is 1.61. The summed E-state index contributed by atoms with van der Waals surface area (Å²) in [7, 11) is 0. The minimum Gasteiger partial charge on any atom is -0.357 e. The molecule has 0 aromatic heterocycles. The van der Waals surface area contributed by atoms with Gasteiger partial charge >= 0.3 is 0 Å². The van der Waals surface area contributed by atoms with Crippen molar-refractivity contribution >= 4 is 11.7 Å². The van der Waals surface area contributed by atoms with Gasteiger partial charge in [-0.1, -0.05) is 12.2 Å². The molecule has 1 N–H and O–H groups in total. The number of ether oxygens (including phenoxy) is 1. The van der Waals surface area contributed by atoms with Crippen molar-refractivity contribution < 1.29 is 14.3 Å². The van der Waals surface area contributed by atoms with E-state index >= 15 is 0 Å². The number of rotatable bonds is 1. The summed E-state index contributed by atoms with van der Waals surface area (Å²) >= 11 is 0. The fourth-order valence-corrected chi connectivity index (χ4v) is 3.58. The largest absolute Gasteiger partial charge is 0.357 e. The maximum absolute atomic E-state index is 11.9. The third kappa shape index (κ3) is 0.857. The number of hydrogen-bond donors (Lipinski definition) is 1. The van der Waals surface area contributed by atoms with Gasteiger partial charge in [0.05, 0.1) is 23.5 Å². The molecule has 2 saturated heterocycles. The van der Waals surface area contributed by atoms with Crippen molar-refractivity contribution in [1.29, 1.82) is 0 Å². The van der Waals surface area contributed by atoms with Crippen LogP contribution in [0.4, 0.5) is 0 Å². The van der Waals surface area contributed by atoms with Crippen LogP contribution in [0.5, 0.6) is 0 Å². The summed E-state index contributed by atoms with van der Waals surface area (Å²) in [5.74, 6) is -0.721. The normalized spacial score (nSPS) is 52.9. The first-order valence-electron chi connectivity index (χ1n) is 5.62. The van der Waals surface area contributed by atoms with Crippen LogP contribution in [-0.4, -0.2) is 28.9 Å². The van der Waals surface area contributed by atoms with Gasteiger partial charge in [0.15, 0.2) is 0 Å². The average Bonchev–Trinajstić information content (AvgIpc) is 2.72. The molecular weight excluding hydrogens is 206 g/mol. The van der Waals surface area contributed by atoms with Crippen LogP contribution in [0.3, 0.4) is 0 Å². The monoisotopic (exact) mass is 221 g/mol. The first kappa shape index (κ1) is 10.0. The van der Waals surface area contributed by atoms with E-state index in [-0.39, 0.29) is 29.6 Å². The second kappa shape index (κ2) is 2.56. The maximum atomic E-state index is 11.9. The van der Waals surface area contributed by atoms with Crippen molar-refractivity contribution in [3.8, 4) is 0 Å². The van der Waals surface area contributed by atoms with Crippen molar-refractivity contribution in [3.63, 3.8) is 0 Å². The first-order chi connectivity index (χ1) is 7.41. The lowest BCUT2D eigenvalue weighted by atomic mass is 9.69. The highest BCUT2D eigenvalue weighted by Crippen LogP contribution is 2.57. The lowest BCUT2D eigenvalue weighted by Gasteiger charge is -2.26. The van der Waals surface area contributed by atoms with Crippen molar-refractivity contribution in [3.05, 3.63) is 12.2 Å². The molecule has 2 bridgehead atoms. The van der Waals surface area contributed by atoms with E-state index < -0.39 is 11.2 Å². The highest BCUT2D eigenvalue weighted by molar-refractivity contribution is 5.93. The van der Waals surface area contributed by atoms with E-state index in [1.165, 1.54) is 6.92 Å². The van der Waals surface area contributed by atoms with E-state index in [2.05, 4.69) is 5.32 Å². The maximum Gasteiger partial charge on any atom is 0.227 e. The lowest BCUT2D eigenvalue weighted by Crippen LogP contribution is -2.42. The van der Waals surface area contributed by atoms with Crippen LogP contribution in [0, 0.1) is 11.8 Å². The zero-order valence-electron chi connectivity index (χ0n) is 9.61. The quantitative estimate of drug-likeness (QED) is 0.653. The minimum atomic E-state index is -0.595. The van der Waals surface area contributed by atoms with Gasteiger partial charge < -0.3 is 10.1 Å². The molecule has 5 atom stereocenters. The third-order valence-corrected chi connectivity index (χ3v) is 4.26. The number of nitrogens with one attached hydrogen (secondary N) is 1. The molecular formula is C12H15NO3. The Hall–Kier alpha value is -1.16. The molecule has 4 heteroatoms. The van der Waals surface area contributed by atoms with Gasteiger partial charge in [-0.2, -0.15) is 0 Å². The molecule has 4 nitrogen and oxygen atoms in total. The minimum absolute atomic E-state index is 0.0305. The molecule has 0 unspecified atom stereocenters. The molecule has 3 aliphatic rings. The second-order valence-electron chi connectivity index (χ2n) is 5.27. The van der Waals surface area contributed by atoms with Crippen LogP contribution in [0.2, 0.25) is 0 Å². The summed E-state index contributed by atoms with van der Waals surface area (Å²) in [4.78, 5) is 23.7. The zero-order valence-corrected chi connectivity index (χ0v) is 9.61. The molecule has 0 aromatic carbocycles. The summed E-state index contributed by atoms with van der Waals surface area (Å²) in [6.45, 7) is 5.36. The molecule has 0 aromatic rings. The number of hydrogen-bond acceptors (Lipinski definition) is 3. The van der Waals surface area contributed by atoms with E-state index in [0.29, 0.717) is 0 Å². The van der Waals surface area contributed by atoms with Crippen LogP contribution in [0.15, 0.2) is 12.2 Å². The molecule has 2 fully saturated rings. The standard InChI is InChI=1S/C12H15NO3/c1-6(14)8-9-10(15)13-7(2)12(9)5-4-11(8,3)16-12/h4-5,7-9H,1-3H3,(H,13,15)/t7-,8-,9+,11+,12-/m0/s1. The molecule has 0 saturated carbocycles. The van der Waals surface area contributed by atoms with Crippen molar-refractivity contribution in [1.82, 2.24) is 5.32 Å². The average molecular weight is 221 g/mol. The van der Waals surface area contributed by atoms with Crippen molar-refractivity contribution in [2.24, 2.45) is 11.8 Å². The fourth-order valence-electron chi connectivity index (χ4n) is 3.58. The van der Waals surface area contributed by atoms with Crippen LogP contribution in [0.25, 0.3) is 0 Å². The van der Waals surface area contributed by atoms with Crippen LogP contribution >= 0.6 is 0 Å². The summed E-state index contributed by atoms with van der Waals surface area (Å²) in [5, 5.41) is 2.87. The van der Waals surface area contributed by atoms with E-state index in [1.807, 2.05) is 26.0 Å². The van der Waals surface area contributed by atoms with E-state index in [9.17, 15) is 9.59 Å². The summed E-state index contributed by atoms with van der Waals surface area (Å²) in [6, 6.07) is -0.0626. The Morgan fingerprint density at radius 2 is 2.19 bits per heavy atom. The SMILES string of the molecule is CC(=O)[C@H]1[C@@H]2C(=O)N[C@@H](C)[C@@]23C=C[C@@]1(C)O3. The zero-order chi connectivity index (χ0) is 11.7. The van der Waals surface area contributed by atoms with Gasteiger partial charge in [0.2, 0.25) is 5.91 Å². The number of carbonyl (C=O) groups excluding carboxylic acids is 2. The molecule has 3 aliphatic heterocycles. The third-order valence-electron chi connectivity index (χ3n) is 4.26. The molecule has 0 aliphatic carbocycles. The highest BCUT2D eigenvalue weighted by atomic mass is 16.5. The Morgan fingerprint density at radius 3 is 2.81 bits per heavy atom. The number of amides is 1. The molecule has 0 radical (unpaired) electrons. The predicted molar refractivity (Wildman–Crippen MR) is 56.6 cm³/mol. The predicted octanol–water partition coefficient (Wildman–Crippen LogP) is 0.424. The number of carbonyl (C=O) groups is 2. The highest BCUT2D eigenvalue weighted by Gasteiger charge is 2.71.